The van der Waals surface area contributed by atoms with E-state index in [0.29, 0.717) is 24.5 Å². The summed E-state index contributed by atoms with van der Waals surface area (Å²) in [6.07, 6.45) is 0.388. The summed E-state index contributed by atoms with van der Waals surface area (Å²) in [6, 6.07) is 2.50. The third-order valence-corrected chi connectivity index (χ3v) is 6.31. The highest BCUT2D eigenvalue weighted by Gasteiger charge is 2.34. The Bertz CT molecular complexity index is 836. The molecule has 1 aromatic rings. The average Bonchev–Trinajstić information content (AvgIpc) is 3.04. The molecule has 0 spiro atoms. The van der Waals surface area contributed by atoms with E-state index in [1.54, 1.807) is 6.92 Å². The van der Waals surface area contributed by atoms with Crippen LogP contribution in [-0.4, -0.2) is 77.2 Å². The lowest BCUT2D eigenvalue weighted by atomic mass is 10.1. The summed E-state index contributed by atoms with van der Waals surface area (Å²) in [5.74, 6) is -0.309. The molecule has 2 rings (SSSR count). The van der Waals surface area contributed by atoms with Gasteiger partial charge in [0.05, 0.1) is 32.8 Å². The Labute approximate surface area is 164 Å². The van der Waals surface area contributed by atoms with E-state index in [-0.39, 0.29) is 22.8 Å². The molecule has 0 N–H and O–H groups in total. The summed E-state index contributed by atoms with van der Waals surface area (Å²) in [4.78, 5) is 26.4. The number of amides is 1. The molecule has 0 aliphatic carbocycles. The molecule has 1 fully saturated rings. The van der Waals surface area contributed by atoms with Gasteiger partial charge in [0.25, 0.3) is 5.91 Å². The van der Waals surface area contributed by atoms with Crippen LogP contribution in [0.25, 0.3) is 0 Å². The van der Waals surface area contributed by atoms with Crippen molar-refractivity contribution in [3.05, 3.63) is 17.7 Å². The van der Waals surface area contributed by atoms with Gasteiger partial charge >= 0.3 is 5.97 Å². The van der Waals surface area contributed by atoms with Gasteiger partial charge in [-0.2, -0.15) is 0 Å². The second-order valence-electron chi connectivity index (χ2n) is 6.22. The fourth-order valence-electron chi connectivity index (χ4n) is 3.14. The molecule has 1 heterocycles. The maximum Gasteiger partial charge on any atom is 0.342 e. The predicted octanol–water partition coefficient (Wildman–Crippen LogP) is 0.905. The summed E-state index contributed by atoms with van der Waals surface area (Å²) in [7, 11) is 1.15. The van der Waals surface area contributed by atoms with Gasteiger partial charge in [-0.1, -0.05) is 0 Å². The van der Waals surface area contributed by atoms with E-state index < -0.39 is 34.4 Å². The quantitative estimate of drug-likeness (QED) is 0.577. The maximum atomic E-state index is 12.5. The van der Waals surface area contributed by atoms with E-state index in [0.717, 1.165) is 0 Å². The van der Waals surface area contributed by atoms with E-state index in [1.165, 1.54) is 38.4 Å². The summed E-state index contributed by atoms with van der Waals surface area (Å²) < 4.78 is 44.0. The number of hydrogen-bond acceptors (Lipinski definition) is 8. The monoisotopic (exact) mass is 415 g/mol. The molecule has 1 aliphatic heterocycles. The van der Waals surface area contributed by atoms with Crippen LogP contribution in [0.4, 0.5) is 0 Å². The van der Waals surface area contributed by atoms with Gasteiger partial charge < -0.3 is 23.8 Å². The van der Waals surface area contributed by atoms with Gasteiger partial charge in [0.15, 0.2) is 27.9 Å². The fraction of sp³-hybridized carbons (Fsp3) is 0.556. The fourth-order valence-corrected chi connectivity index (χ4v) is 4.87. The van der Waals surface area contributed by atoms with E-state index in [4.69, 9.17) is 18.9 Å². The number of methoxy groups -OCH3 is 3. The first-order valence-corrected chi connectivity index (χ1v) is 10.6. The Hall–Kier alpha value is -2.49. The largest absolute Gasteiger partial charge is 0.496 e. The molecule has 1 amide bonds. The molecule has 0 aromatic heterocycles. The van der Waals surface area contributed by atoms with Gasteiger partial charge in [-0.3, -0.25) is 4.79 Å². The van der Waals surface area contributed by atoms with Crippen molar-refractivity contribution in [3.63, 3.8) is 0 Å². The topological polar surface area (TPSA) is 108 Å². The van der Waals surface area contributed by atoms with Crippen molar-refractivity contribution in [3.8, 4) is 17.2 Å². The molecular weight excluding hydrogens is 390 g/mol. The zero-order valence-corrected chi connectivity index (χ0v) is 17.2. The number of hydrogen-bond donors (Lipinski definition) is 0. The first kappa shape index (κ1) is 21.8. The van der Waals surface area contributed by atoms with Crippen molar-refractivity contribution >= 4 is 21.7 Å². The lowest BCUT2D eigenvalue weighted by Gasteiger charge is -2.26. The van der Waals surface area contributed by atoms with Crippen molar-refractivity contribution < 1.29 is 37.0 Å². The number of sulfone groups is 1. The molecule has 0 bridgehead atoms. The van der Waals surface area contributed by atoms with Crippen LogP contribution in [-0.2, 0) is 19.4 Å². The van der Waals surface area contributed by atoms with Crippen molar-refractivity contribution in [2.45, 2.75) is 19.4 Å². The summed E-state index contributed by atoms with van der Waals surface area (Å²) in [5.41, 5.74) is 0.0828. The number of likely N-dealkylation sites (N-methyl/N-ethyl adjacent to an activating group) is 1. The van der Waals surface area contributed by atoms with E-state index in [2.05, 4.69) is 0 Å². The standard InChI is InChI=1S/C18H25NO8S/c1-5-19(12-6-7-28(22,23)11-12)17(20)10-27-18(21)13-8-15(25-3)16(26-4)9-14(13)24-2/h8-9,12H,5-7,10-11H2,1-4H3/t12-/m0/s1. The summed E-state index contributed by atoms with van der Waals surface area (Å²) >= 11 is 0. The van der Waals surface area contributed by atoms with Gasteiger partial charge in [0.2, 0.25) is 0 Å². The average molecular weight is 415 g/mol. The molecule has 10 heteroatoms. The number of nitrogens with zero attached hydrogens (tertiary/aromatic N) is 1. The molecule has 1 aliphatic rings. The van der Waals surface area contributed by atoms with Crippen molar-refractivity contribution in [1.82, 2.24) is 4.90 Å². The van der Waals surface area contributed by atoms with Gasteiger partial charge in [-0.15, -0.1) is 0 Å². The minimum absolute atomic E-state index is 0.0596. The maximum absolute atomic E-state index is 12.5. The Morgan fingerprint density at radius 1 is 1.07 bits per heavy atom. The first-order chi connectivity index (χ1) is 13.3. The van der Waals surface area contributed by atoms with Gasteiger partial charge in [-0.25, -0.2) is 13.2 Å². The number of ether oxygens (including phenoxy) is 4. The summed E-state index contributed by atoms with van der Waals surface area (Å²) in [6.45, 7) is 1.58. The zero-order valence-electron chi connectivity index (χ0n) is 16.4. The lowest BCUT2D eigenvalue weighted by molar-refractivity contribution is -0.136. The molecule has 0 saturated carbocycles. The number of esters is 1. The van der Waals surface area contributed by atoms with E-state index >= 15 is 0 Å². The minimum Gasteiger partial charge on any atom is -0.496 e. The van der Waals surface area contributed by atoms with Crippen LogP contribution in [0, 0.1) is 0 Å². The number of benzene rings is 1. The van der Waals surface area contributed by atoms with Crippen LogP contribution in [0.3, 0.4) is 0 Å². The summed E-state index contributed by atoms with van der Waals surface area (Å²) in [5, 5.41) is 0. The Morgan fingerprint density at radius 2 is 1.68 bits per heavy atom. The molecule has 156 valence electrons. The van der Waals surface area contributed by atoms with Gasteiger partial charge in [0.1, 0.15) is 11.3 Å². The van der Waals surface area contributed by atoms with E-state index in [1.807, 2.05) is 0 Å². The van der Waals surface area contributed by atoms with Crippen molar-refractivity contribution in [1.29, 1.82) is 0 Å². The number of carbonyl (C=O) groups is 2. The molecule has 1 aromatic carbocycles. The molecule has 1 saturated heterocycles. The molecule has 28 heavy (non-hydrogen) atoms. The molecule has 9 nitrogen and oxygen atoms in total. The lowest BCUT2D eigenvalue weighted by Crippen LogP contribution is -2.43. The Morgan fingerprint density at radius 3 is 2.18 bits per heavy atom. The highest BCUT2D eigenvalue weighted by Crippen LogP contribution is 2.35. The molecule has 0 unspecified atom stereocenters. The third-order valence-electron chi connectivity index (χ3n) is 4.56. The van der Waals surface area contributed by atoms with Crippen molar-refractivity contribution in [2.24, 2.45) is 0 Å². The van der Waals surface area contributed by atoms with Crippen LogP contribution in [0.5, 0.6) is 17.2 Å². The smallest absolute Gasteiger partial charge is 0.342 e. The third kappa shape index (κ3) is 4.86. The normalized spacial score (nSPS) is 17.6. The predicted molar refractivity (Wildman–Crippen MR) is 101 cm³/mol. The van der Waals surface area contributed by atoms with Gasteiger partial charge in [0, 0.05) is 24.7 Å². The second kappa shape index (κ2) is 9.13. The minimum atomic E-state index is -3.13. The number of carbonyl (C=O) groups excluding carboxylic acids is 2. The Kier molecular flexibility index (Phi) is 7.11. The van der Waals surface area contributed by atoms with Crippen LogP contribution in [0.15, 0.2) is 12.1 Å². The Balaban J connectivity index is 2.09. The number of rotatable bonds is 8. The van der Waals surface area contributed by atoms with Crippen LogP contribution in [0.1, 0.15) is 23.7 Å². The van der Waals surface area contributed by atoms with Crippen LogP contribution < -0.4 is 14.2 Å². The highest BCUT2D eigenvalue weighted by molar-refractivity contribution is 7.91. The molecule has 0 radical (unpaired) electrons. The molecular formula is C18H25NO8S. The first-order valence-electron chi connectivity index (χ1n) is 8.73. The SMILES string of the molecule is CCN(C(=O)COC(=O)c1cc(OC)c(OC)cc1OC)[C@H]1CCS(=O)(=O)C1. The van der Waals surface area contributed by atoms with Crippen LogP contribution in [0.2, 0.25) is 0 Å². The van der Waals surface area contributed by atoms with E-state index in [9.17, 15) is 18.0 Å². The molecule has 1 atom stereocenters. The van der Waals surface area contributed by atoms with Crippen molar-refractivity contribution in [2.75, 3.05) is 46.0 Å². The highest BCUT2D eigenvalue weighted by atomic mass is 32.2. The zero-order chi connectivity index (χ0) is 20.9. The van der Waals surface area contributed by atoms with Gasteiger partial charge in [-0.05, 0) is 13.3 Å². The second-order valence-corrected chi connectivity index (χ2v) is 8.45. The van der Waals surface area contributed by atoms with Crippen LogP contribution >= 0.6 is 0 Å².